The molecule has 2 rings (SSSR count). The summed E-state index contributed by atoms with van der Waals surface area (Å²) in [5, 5.41) is 2.80. The number of aromatic nitrogens is 3. The SMILES string of the molecule is CC(C)(C)OC(=O)NCCN(Cc1ccc(-c2ccnc(Cl)n2)cn1)C(=O)OC(C)(C)C. The number of carbonyl (C=O) groups excluding carboxylic acids is 2. The molecule has 2 aromatic rings. The largest absolute Gasteiger partial charge is 0.444 e. The van der Waals surface area contributed by atoms with Crippen molar-refractivity contribution in [3.63, 3.8) is 0 Å². The minimum Gasteiger partial charge on any atom is -0.444 e. The first kappa shape index (κ1) is 25.3. The summed E-state index contributed by atoms with van der Waals surface area (Å²) in [5.41, 5.74) is 0.812. The van der Waals surface area contributed by atoms with Crippen molar-refractivity contribution in [3.05, 3.63) is 41.6 Å². The zero-order chi connectivity index (χ0) is 23.9. The van der Waals surface area contributed by atoms with Gasteiger partial charge in [-0.1, -0.05) is 0 Å². The summed E-state index contributed by atoms with van der Waals surface area (Å²) in [6.45, 7) is 11.4. The zero-order valence-electron chi connectivity index (χ0n) is 19.3. The van der Waals surface area contributed by atoms with Crippen molar-refractivity contribution in [2.45, 2.75) is 59.3 Å². The monoisotopic (exact) mass is 463 g/mol. The van der Waals surface area contributed by atoms with Gasteiger partial charge in [-0.15, -0.1) is 0 Å². The summed E-state index contributed by atoms with van der Waals surface area (Å²) < 4.78 is 10.7. The van der Waals surface area contributed by atoms with Crippen molar-refractivity contribution < 1.29 is 19.1 Å². The first-order chi connectivity index (χ1) is 14.8. The van der Waals surface area contributed by atoms with E-state index in [2.05, 4.69) is 20.3 Å². The molecule has 0 bridgehead atoms. The van der Waals surface area contributed by atoms with Gasteiger partial charge in [0.25, 0.3) is 0 Å². The van der Waals surface area contributed by atoms with E-state index in [4.69, 9.17) is 21.1 Å². The van der Waals surface area contributed by atoms with Gasteiger partial charge in [0, 0.05) is 31.0 Å². The van der Waals surface area contributed by atoms with Gasteiger partial charge in [-0.3, -0.25) is 4.98 Å². The van der Waals surface area contributed by atoms with Gasteiger partial charge in [-0.25, -0.2) is 19.6 Å². The lowest BCUT2D eigenvalue weighted by atomic mass is 10.2. The van der Waals surface area contributed by atoms with Crippen LogP contribution in [-0.4, -0.2) is 56.3 Å². The summed E-state index contributed by atoms with van der Waals surface area (Å²) in [6, 6.07) is 5.37. The Hall–Kier alpha value is -2.94. The fourth-order valence-electron chi connectivity index (χ4n) is 2.53. The molecule has 2 amide bonds. The molecule has 0 saturated heterocycles. The topological polar surface area (TPSA) is 107 Å². The maximum atomic E-state index is 12.7. The summed E-state index contributed by atoms with van der Waals surface area (Å²) in [5.74, 6) is 0. The van der Waals surface area contributed by atoms with Gasteiger partial charge < -0.3 is 19.7 Å². The fraction of sp³-hybridized carbons (Fsp3) is 0.500. The maximum absolute atomic E-state index is 12.7. The van der Waals surface area contributed by atoms with Crippen LogP contribution in [0.15, 0.2) is 30.6 Å². The van der Waals surface area contributed by atoms with E-state index in [1.165, 1.54) is 4.90 Å². The van der Waals surface area contributed by atoms with Crippen LogP contribution >= 0.6 is 11.6 Å². The smallest absolute Gasteiger partial charge is 0.410 e. The van der Waals surface area contributed by atoms with Crippen molar-refractivity contribution in [3.8, 4) is 11.3 Å². The number of pyridine rings is 1. The number of rotatable bonds is 6. The van der Waals surface area contributed by atoms with E-state index in [1.807, 2.05) is 6.07 Å². The number of hydrogen-bond donors (Lipinski definition) is 1. The quantitative estimate of drug-likeness (QED) is 0.630. The number of hydrogen-bond acceptors (Lipinski definition) is 7. The normalized spacial score (nSPS) is 11.6. The van der Waals surface area contributed by atoms with Crippen molar-refractivity contribution in [2.75, 3.05) is 13.1 Å². The second kappa shape index (κ2) is 10.6. The van der Waals surface area contributed by atoms with E-state index in [9.17, 15) is 9.59 Å². The molecule has 174 valence electrons. The lowest BCUT2D eigenvalue weighted by Gasteiger charge is -2.27. The number of carbonyl (C=O) groups is 2. The van der Waals surface area contributed by atoms with Gasteiger partial charge in [0.05, 0.1) is 17.9 Å². The molecule has 0 aromatic carbocycles. The Bertz CT molecular complexity index is 923. The molecular formula is C22H30ClN5O4. The van der Waals surface area contributed by atoms with Crippen LogP contribution in [0.3, 0.4) is 0 Å². The van der Waals surface area contributed by atoms with Gasteiger partial charge in [-0.2, -0.15) is 0 Å². The summed E-state index contributed by atoms with van der Waals surface area (Å²) in [6.07, 6.45) is 2.17. The van der Waals surface area contributed by atoms with E-state index < -0.39 is 23.4 Å². The highest BCUT2D eigenvalue weighted by molar-refractivity contribution is 6.28. The van der Waals surface area contributed by atoms with Crippen molar-refractivity contribution in [2.24, 2.45) is 0 Å². The predicted octanol–water partition coefficient (Wildman–Crippen LogP) is 4.45. The molecular weight excluding hydrogens is 434 g/mol. The second-order valence-corrected chi connectivity index (χ2v) is 9.42. The van der Waals surface area contributed by atoms with E-state index in [0.29, 0.717) is 11.4 Å². The predicted molar refractivity (Wildman–Crippen MR) is 121 cm³/mol. The van der Waals surface area contributed by atoms with Crippen LogP contribution < -0.4 is 5.32 Å². The molecule has 2 aromatic heterocycles. The molecule has 9 nitrogen and oxygen atoms in total. The van der Waals surface area contributed by atoms with Crippen LogP contribution in [0.25, 0.3) is 11.3 Å². The van der Waals surface area contributed by atoms with Crippen molar-refractivity contribution >= 4 is 23.8 Å². The minimum absolute atomic E-state index is 0.153. The Morgan fingerprint density at radius 3 is 2.28 bits per heavy atom. The molecule has 0 saturated carbocycles. The van der Waals surface area contributed by atoms with Crippen molar-refractivity contribution in [1.82, 2.24) is 25.2 Å². The van der Waals surface area contributed by atoms with E-state index in [0.717, 1.165) is 5.56 Å². The zero-order valence-corrected chi connectivity index (χ0v) is 20.1. The van der Waals surface area contributed by atoms with Crippen LogP contribution in [0, 0.1) is 0 Å². The molecule has 0 aliphatic rings. The molecule has 0 atom stereocenters. The van der Waals surface area contributed by atoms with Crippen LogP contribution in [0.4, 0.5) is 9.59 Å². The van der Waals surface area contributed by atoms with Gasteiger partial charge in [0.2, 0.25) is 5.28 Å². The van der Waals surface area contributed by atoms with Gasteiger partial charge in [0.1, 0.15) is 11.2 Å². The second-order valence-electron chi connectivity index (χ2n) is 9.08. The standard InChI is InChI=1S/C22H30ClN5O4/c1-21(2,3)31-19(29)25-11-12-28(20(30)32-22(4,5)6)14-16-8-7-15(13-26-16)17-9-10-24-18(23)27-17/h7-10,13H,11-12,14H2,1-6H3,(H,25,29). The molecule has 32 heavy (non-hydrogen) atoms. The Labute approximate surface area is 193 Å². The number of halogens is 1. The molecule has 0 aliphatic carbocycles. The van der Waals surface area contributed by atoms with Gasteiger partial charge in [0.15, 0.2) is 0 Å². The number of nitrogens with one attached hydrogen (secondary N) is 1. The van der Waals surface area contributed by atoms with Crippen LogP contribution in [0.5, 0.6) is 0 Å². The third-order valence-electron chi connectivity index (χ3n) is 3.80. The van der Waals surface area contributed by atoms with Crippen LogP contribution in [0.2, 0.25) is 5.28 Å². The molecule has 0 fully saturated rings. The molecule has 0 aliphatic heterocycles. The van der Waals surface area contributed by atoms with E-state index in [-0.39, 0.29) is 24.9 Å². The number of nitrogens with zero attached hydrogens (tertiary/aromatic N) is 4. The molecule has 10 heteroatoms. The summed E-state index contributed by atoms with van der Waals surface area (Å²) >= 11 is 5.85. The number of alkyl carbamates (subject to hydrolysis) is 1. The maximum Gasteiger partial charge on any atom is 0.410 e. The Morgan fingerprint density at radius 1 is 1.03 bits per heavy atom. The van der Waals surface area contributed by atoms with Gasteiger partial charge >= 0.3 is 12.2 Å². The number of amides is 2. The highest BCUT2D eigenvalue weighted by Crippen LogP contribution is 2.18. The Kier molecular flexibility index (Phi) is 8.38. The number of ether oxygens (including phenoxy) is 2. The summed E-state index contributed by atoms with van der Waals surface area (Å²) in [7, 11) is 0. The third kappa shape index (κ3) is 9.05. The van der Waals surface area contributed by atoms with E-state index in [1.54, 1.807) is 66.1 Å². The fourth-order valence-corrected chi connectivity index (χ4v) is 2.68. The van der Waals surface area contributed by atoms with Crippen molar-refractivity contribution in [1.29, 1.82) is 0 Å². The Morgan fingerprint density at radius 2 is 1.72 bits per heavy atom. The first-order valence-electron chi connectivity index (χ1n) is 10.2. The van der Waals surface area contributed by atoms with E-state index >= 15 is 0 Å². The third-order valence-corrected chi connectivity index (χ3v) is 3.98. The van der Waals surface area contributed by atoms with Crippen LogP contribution in [0.1, 0.15) is 47.2 Å². The highest BCUT2D eigenvalue weighted by atomic mass is 35.5. The average Bonchev–Trinajstić information content (AvgIpc) is 2.65. The average molecular weight is 464 g/mol. The van der Waals surface area contributed by atoms with Gasteiger partial charge in [-0.05, 0) is 71.3 Å². The first-order valence-corrected chi connectivity index (χ1v) is 10.6. The highest BCUT2D eigenvalue weighted by Gasteiger charge is 2.23. The van der Waals surface area contributed by atoms with Crippen LogP contribution in [-0.2, 0) is 16.0 Å². The molecule has 2 heterocycles. The molecule has 1 N–H and O–H groups in total. The lowest BCUT2D eigenvalue weighted by Crippen LogP contribution is -2.42. The summed E-state index contributed by atoms with van der Waals surface area (Å²) in [4.78, 5) is 38.5. The Balaban J connectivity index is 2.06. The molecule has 0 radical (unpaired) electrons. The lowest BCUT2D eigenvalue weighted by molar-refractivity contribution is 0.0222. The molecule has 0 unspecified atom stereocenters. The minimum atomic E-state index is -0.655. The molecule has 0 spiro atoms.